The normalized spacial score (nSPS) is 15.3. The van der Waals surface area contributed by atoms with E-state index in [0.29, 0.717) is 23.5 Å². The Bertz CT molecular complexity index is 531. The van der Waals surface area contributed by atoms with Crippen molar-refractivity contribution in [2.45, 2.75) is 26.1 Å². The van der Waals surface area contributed by atoms with E-state index in [9.17, 15) is 9.90 Å². The monoisotopic (exact) mass is 264 g/mol. The Morgan fingerprint density at radius 2 is 2.21 bits per heavy atom. The average Bonchev–Trinajstić information content (AvgIpc) is 2.34. The van der Waals surface area contributed by atoms with Crippen molar-refractivity contribution < 1.29 is 24.1 Å². The molecule has 5 heteroatoms. The van der Waals surface area contributed by atoms with Gasteiger partial charge in [0.2, 0.25) is 0 Å². The number of phenols is 1. The smallest absolute Gasteiger partial charge is 0.293 e. The maximum absolute atomic E-state index is 10.3. The van der Waals surface area contributed by atoms with Crippen LogP contribution in [0.2, 0.25) is 0 Å². The van der Waals surface area contributed by atoms with Gasteiger partial charge in [-0.1, -0.05) is 0 Å². The first-order chi connectivity index (χ1) is 8.98. The number of rotatable bonds is 4. The van der Waals surface area contributed by atoms with Crippen molar-refractivity contribution in [3.63, 3.8) is 0 Å². The second kappa shape index (κ2) is 4.84. The van der Waals surface area contributed by atoms with Crippen LogP contribution in [0.4, 0.5) is 0 Å². The zero-order valence-electron chi connectivity index (χ0n) is 11.1. The lowest BCUT2D eigenvalue weighted by atomic mass is 9.99. The van der Waals surface area contributed by atoms with Gasteiger partial charge in [-0.3, -0.25) is 4.79 Å². The number of carbonyl (C=O) groups is 1. The highest BCUT2D eigenvalue weighted by Gasteiger charge is 2.27. The van der Waals surface area contributed by atoms with Crippen LogP contribution in [0.25, 0.3) is 6.08 Å². The molecule has 0 saturated heterocycles. The summed E-state index contributed by atoms with van der Waals surface area (Å²) in [6, 6.07) is 1.51. The number of benzene rings is 1. The minimum atomic E-state index is -0.439. The standard InChI is InChI=1S/C14H16O5/c1-14(2)5-4-9-12(19-14)6-11(16)10(7-18-8-15)13(9)17-3/h4-6,8,16H,7H2,1-3H3. The van der Waals surface area contributed by atoms with Gasteiger partial charge in [-0.25, -0.2) is 0 Å². The Morgan fingerprint density at radius 3 is 2.84 bits per heavy atom. The molecule has 0 saturated carbocycles. The third-order valence-electron chi connectivity index (χ3n) is 2.89. The molecular weight excluding hydrogens is 248 g/mol. The Morgan fingerprint density at radius 1 is 1.47 bits per heavy atom. The molecular formula is C14H16O5. The molecule has 19 heavy (non-hydrogen) atoms. The summed E-state index contributed by atoms with van der Waals surface area (Å²) in [4.78, 5) is 10.3. The van der Waals surface area contributed by atoms with Crippen LogP contribution in [0, 0.1) is 0 Å². The first-order valence-electron chi connectivity index (χ1n) is 5.85. The highest BCUT2D eigenvalue weighted by Crippen LogP contribution is 2.43. The first-order valence-corrected chi connectivity index (χ1v) is 5.85. The van der Waals surface area contributed by atoms with E-state index < -0.39 is 5.60 Å². The third kappa shape index (κ3) is 2.50. The lowest BCUT2D eigenvalue weighted by Gasteiger charge is -2.29. The number of carbonyl (C=O) groups excluding carboxylic acids is 1. The summed E-state index contributed by atoms with van der Waals surface area (Å²) in [5.41, 5.74) is 0.705. The SMILES string of the molecule is COc1c2c(cc(O)c1COC=O)OC(C)(C)C=C2. The molecule has 102 valence electrons. The molecule has 2 rings (SSSR count). The van der Waals surface area contributed by atoms with E-state index in [1.807, 2.05) is 26.0 Å². The molecule has 0 aromatic heterocycles. The van der Waals surface area contributed by atoms with Gasteiger partial charge in [0, 0.05) is 6.07 Å². The zero-order chi connectivity index (χ0) is 14.0. The Kier molecular flexibility index (Phi) is 3.38. The molecule has 0 unspecified atom stereocenters. The van der Waals surface area contributed by atoms with E-state index in [0.717, 1.165) is 5.56 Å². The summed E-state index contributed by atoms with van der Waals surface area (Å²) in [5.74, 6) is 0.962. The number of phenolic OH excluding ortho intramolecular Hbond substituents is 1. The van der Waals surface area contributed by atoms with Gasteiger partial charge in [0.25, 0.3) is 6.47 Å². The minimum absolute atomic E-state index is 0.0245. The van der Waals surface area contributed by atoms with Crippen molar-refractivity contribution in [3.05, 3.63) is 23.3 Å². The van der Waals surface area contributed by atoms with Crippen LogP contribution in [-0.4, -0.2) is 24.3 Å². The number of hydrogen-bond donors (Lipinski definition) is 1. The quantitative estimate of drug-likeness (QED) is 0.845. The summed E-state index contributed by atoms with van der Waals surface area (Å²) >= 11 is 0. The average molecular weight is 264 g/mol. The predicted octanol–water partition coefficient (Wildman–Crippen LogP) is 2.26. The summed E-state index contributed by atoms with van der Waals surface area (Å²) in [6.07, 6.45) is 3.78. The van der Waals surface area contributed by atoms with Crippen LogP contribution in [-0.2, 0) is 16.1 Å². The molecule has 1 N–H and O–H groups in total. The summed E-state index contributed by atoms with van der Waals surface area (Å²) in [5, 5.41) is 10.00. The van der Waals surface area contributed by atoms with Crippen LogP contribution < -0.4 is 9.47 Å². The van der Waals surface area contributed by atoms with Crippen molar-refractivity contribution in [3.8, 4) is 17.2 Å². The van der Waals surface area contributed by atoms with E-state index in [4.69, 9.17) is 9.47 Å². The molecule has 1 aromatic rings. The predicted molar refractivity (Wildman–Crippen MR) is 69.3 cm³/mol. The van der Waals surface area contributed by atoms with Crippen molar-refractivity contribution >= 4 is 12.5 Å². The Balaban J connectivity index is 2.53. The van der Waals surface area contributed by atoms with Crippen LogP contribution in [0.15, 0.2) is 12.1 Å². The highest BCUT2D eigenvalue weighted by molar-refractivity contribution is 5.71. The molecule has 0 aliphatic carbocycles. The first kappa shape index (κ1) is 13.3. The topological polar surface area (TPSA) is 65.0 Å². The van der Waals surface area contributed by atoms with E-state index in [1.165, 1.54) is 13.2 Å². The van der Waals surface area contributed by atoms with Gasteiger partial charge in [0.15, 0.2) is 0 Å². The second-order valence-electron chi connectivity index (χ2n) is 4.77. The van der Waals surface area contributed by atoms with Crippen molar-refractivity contribution in [1.29, 1.82) is 0 Å². The van der Waals surface area contributed by atoms with Gasteiger partial charge in [-0.15, -0.1) is 0 Å². The van der Waals surface area contributed by atoms with Crippen LogP contribution in [0.3, 0.4) is 0 Å². The van der Waals surface area contributed by atoms with Gasteiger partial charge in [0.05, 0.1) is 18.2 Å². The molecule has 1 aromatic carbocycles. The zero-order valence-corrected chi connectivity index (χ0v) is 11.1. The van der Waals surface area contributed by atoms with Crippen molar-refractivity contribution in [2.75, 3.05) is 7.11 Å². The number of ether oxygens (including phenoxy) is 3. The largest absolute Gasteiger partial charge is 0.507 e. The number of aromatic hydroxyl groups is 1. The number of methoxy groups -OCH3 is 1. The molecule has 0 fully saturated rings. The molecule has 1 aliphatic rings. The summed E-state index contributed by atoms with van der Waals surface area (Å²) in [6.45, 7) is 4.11. The molecule has 0 radical (unpaired) electrons. The van der Waals surface area contributed by atoms with Crippen molar-refractivity contribution in [2.24, 2.45) is 0 Å². The van der Waals surface area contributed by atoms with Crippen LogP contribution >= 0.6 is 0 Å². The maximum atomic E-state index is 10.3. The van der Waals surface area contributed by atoms with E-state index >= 15 is 0 Å². The van der Waals surface area contributed by atoms with E-state index in [2.05, 4.69) is 4.74 Å². The minimum Gasteiger partial charge on any atom is -0.507 e. The third-order valence-corrected chi connectivity index (χ3v) is 2.89. The van der Waals surface area contributed by atoms with E-state index in [-0.39, 0.29) is 12.4 Å². The van der Waals surface area contributed by atoms with Gasteiger partial charge in [-0.05, 0) is 26.0 Å². The molecule has 0 amide bonds. The van der Waals surface area contributed by atoms with Crippen LogP contribution in [0.5, 0.6) is 17.2 Å². The molecule has 1 aliphatic heterocycles. The molecule has 0 bridgehead atoms. The maximum Gasteiger partial charge on any atom is 0.293 e. The van der Waals surface area contributed by atoms with Gasteiger partial charge in [0.1, 0.15) is 29.5 Å². The van der Waals surface area contributed by atoms with Gasteiger partial charge in [-0.2, -0.15) is 0 Å². The van der Waals surface area contributed by atoms with Crippen LogP contribution in [0.1, 0.15) is 25.0 Å². The fourth-order valence-corrected chi connectivity index (χ4v) is 2.01. The Labute approximate surface area is 111 Å². The lowest BCUT2D eigenvalue weighted by molar-refractivity contribution is -0.129. The second-order valence-corrected chi connectivity index (χ2v) is 4.77. The fourth-order valence-electron chi connectivity index (χ4n) is 2.01. The van der Waals surface area contributed by atoms with Crippen molar-refractivity contribution in [1.82, 2.24) is 0 Å². The number of fused-ring (bicyclic) bond motifs is 1. The molecule has 0 spiro atoms. The summed E-state index contributed by atoms with van der Waals surface area (Å²) in [7, 11) is 1.49. The molecule has 0 atom stereocenters. The van der Waals surface area contributed by atoms with Gasteiger partial charge < -0.3 is 19.3 Å². The van der Waals surface area contributed by atoms with E-state index in [1.54, 1.807) is 0 Å². The fraction of sp³-hybridized carbons (Fsp3) is 0.357. The molecule has 5 nitrogen and oxygen atoms in total. The highest BCUT2D eigenvalue weighted by atomic mass is 16.5. The lowest BCUT2D eigenvalue weighted by Crippen LogP contribution is -2.27. The number of hydrogen-bond acceptors (Lipinski definition) is 5. The molecule has 1 heterocycles. The summed E-state index contributed by atoms with van der Waals surface area (Å²) < 4.78 is 15.8. The Hall–Kier alpha value is -2.17. The van der Waals surface area contributed by atoms with Gasteiger partial charge >= 0.3 is 0 Å².